The van der Waals surface area contributed by atoms with Crippen LogP contribution in [0.2, 0.25) is 0 Å². The molecule has 168 valence electrons. The monoisotopic (exact) mass is 427 g/mol. The number of aromatic nitrogens is 3. The number of hydrogen-bond donors (Lipinski definition) is 3. The number of imidazole rings is 1. The Morgan fingerprint density at radius 2 is 1.81 bits per heavy atom. The molecule has 2 aromatic heterocycles. The number of aromatic amines is 1. The van der Waals surface area contributed by atoms with Crippen molar-refractivity contribution in [1.29, 1.82) is 0 Å². The third kappa shape index (κ3) is 5.27. The van der Waals surface area contributed by atoms with E-state index in [0.29, 0.717) is 16.9 Å². The number of nitrogens with one attached hydrogen (secondary N) is 3. The summed E-state index contributed by atoms with van der Waals surface area (Å²) in [6.07, 6.45) is 2.58. The molecule has 6 nitrogen and oxygen atoms in total. The van der Waals surface area contributed by atoms with Crippen LogP contribution >= 0.6 is 0 Å². The number of hydrogen-bond acceptors (Lipinski definition) is 3. The number of amides is 1. The molecule has 31 heavy (non-hydrogen) atoms. The summed E-state index contributed by atoms with van der Waals surface area (Å²) >= 11 is 0. The standard InChI is InChI=1S/C24H34FN5O/c1-22(2,3)14-24(7,8)29-20-18(23(4,5)6)28-19-17(13-26-30(19)20)21(31)27-16-11-9-10-15(25)12-16/h9-13,26,29H,14H2,1-8H3,(H,27,31). The van der Waals surface area contributed by atoms with Crippen molar-refractivity contribution in [2.75, 3.05) is 10.6 Å². The molecule has 0 atom stereocenters. The van der Waals surface area contributed by atoms with Gasteiger partial charge in [-0.1, -0.05) is 47.6 Å². The maximum Gasteiger partial charge on any atom is 0.261 e. The van der Waals surface area contributed by atoms with Crippen LogP contribution in [0.4, 0.5) is 15.9 Å². The minimum absolute atomic E-state index is 0.147. The summed E-state index contributed by atoms with van der Waals surface area (Å²) in [5.41, 5.74) is 1.93. The van der Waals surface area contributed by atoms with E-state index in [1.165, 1.54) is 12.1 Å². The molecule has 0 bridgehead atoms. The van der Waals surface area contributed by atoms with Crippen molar-refractivity contribution in [3.05, 3.63) is 47.5 Å². The van der Waals surface area contributed by atoms with Gasteiger partial charge < -0.3 is 10.6 Å². The van der Waals surface area contributed by atoms with Gasteiger partial charge in [-0.3, -0.25) is 9.89 Å². The van der Waals surface area contributed by atoms with Gasteiger partial charge >= 0.3 is 0 Å². The first-order valence-electron chi connectivity index (χ1n) is 10.6. The molecular formula is C24H34FN5O. The zero-order valence-electron chi connectivity index (χ0n) is 19.8. The number of benzene rings is 1. The van der Waals surface area contributed by atoms with E-state index in [9.17, 15) is 9.18 Å². The molecule has 0 fully saturated rings. The molecule has 3 N–H and O–H groups in total. The van der Waals surface area contributed by atoms with Crippen molar-refractivity contribution >= 4 is 23.1 Å². The molecule has 7 heteroatoms. The zero-order valence-corrected chi connectivity index (χ0v) is 19.8. The normalized spacial score (nSPS) is 12.9. The first-order valence-corrected chi connectivity index (χ1v) is 10.6. The van der Waals surface area contributed by atoms with Gasteiger partial charge in [-0.25, -0.2) is 13.9 Å². The number of carbonyl (C=O) groups excluding carboxylic acids is 1. The number of carbonyl (C=O) groups is 1. The summed E-state index contributed by atoms with van der Waals surface area (Å²) in [6, 6.07) is 5.84. The number of fused-ring (bicyclic) bond motifs is 1. The van der Waals surface area contributed by atoms with E-state index in [0.717, 1.165) is 17.9 Å². The highest BCUT2D eigenvalue weighted by Gasteiger charge is 2.32. The van der Waals surface area contributed by atoms with Crippen LogP contribution in [0.25, 0.3) is 5.65 Å². The van der Waals surface area contributed by atoms with E-state index >= 15 is 0 Å². The van der Waals surface area contributed by atoms with Crippen molar-refractivity contribution in [1.82, 2.24) is 14.6 Å². The Balaban J connectivity index is 2.01. The van der Waals surface area contributed by atoms with Crippen LogP contribution in [-0.2, 0) is 5.41 Å². The highest BCUT2D eigenvalue weighted by molar-refractivity contribution is 6.08. The van der Waals surface area contributed by atoms with Crippen molar-refractivity contribution in [2.24, 2.45) is 5.41 Å². The van der Waals surface area contributed by atoms with Crippen LogP contribution in [0.5, 0.6) is 0 Å². The quantitative estimate of drug-likeness (QED) is 0.469. The van der Waals surface area contributed by atoms with Crippen LogP contribution in [0.15, 0.2) is 30.5 Å². The van der Waals surface area contributed by atoms with Gasteiger partial charge in [0.1, 0.15) is 11.4 Å². The van der Waals surface area contributed by atoms with E-state index in [1.54, 1.807) is 18.3 Å². The van der Waals surface area contributed by atoms with E-state index < -0.39 is 5.82 Å². The van der Waals surface area contributed by atoms with E-state index in [4.69, 9.17) is 4.98 Å². The van der Waals surface area contributed by atoms with Crippen molar-refractivity contribution < 1.29 is 9.18 Å². The van der Waals surface area contributed by atoms with Gasteiger partial charge in [-0.2, -0.15) is 0 Å². The fraction of sp³-hybridized carbons (Fsp3) is 0.500. The Morgan fingerprint density at radius 1 is 1.13 bits per heavy atom. The lowest BCUT2D eigenvalue weighted by atomic mass is 9.81. The first-order chi connectivity index (χ1) is 14.2. The Bertz CT molecular complexity index is 1100. The number of halogens is 1. The molecule has 3 rings (SSSR count). The Morgan fingerprint density at radius 3 is 2.39 bits per heavy atom. The smallest absolute Gasteiger partial charge is 0.261 e. The lowest BCUT2D eigenvalue weighted by molar-refractivity contribution is 0.102. The molecular weight excluding hydrogens is 393 g/mol. The fourth-order valence-electron chi connectivity index (χ4n) is 4.18. The predicted octanol–water partition coefficient (Wildman–Crippen LogP) is 5.98. The molecule has 0 radical (unpaired) electrons. The molecule has 0 unspecified atom stereocenters. The van der Waals surface area contributed by atoms with E-state index in [1.807, 2.05) is 4.52 Å². The van der Waals surface area contributed by atoms with Gasteiger partial charge in [0.15, 0.2) is 11.5 Å². The second-order valence-corrected chi connectivity index (χ2v) is 11.1. The summed E-state index contributed by atoms with van der Waals surface area (Å²) in [6.45, 7) is 17.3. The second kappa shape index (κ2) is 7.70. The minimum Gasteiger partial charge on any atom is -0.364 e. The fourth-order valence-corrected chi connectivity index (χ4v) is 4.18. The van der Waals surface area contributed by atoms with Crippen molar-refractivity contribution in [2.45, 2.75) is 72.8 Å². The van der Waals surface area contributed by atoms with Crippen molar-refractivity contribution in [3.8, 4) is 0 Å². The molecule has 1 aromatic carbocycles. The summed E-state index contributed by atoms with van der Waals surface area (Å²) in [7, 11) is 0. The molecule has 2 heterocycles. The lowest BCUT2D eigenvalue weighted by Crippen LogP contribution is -2.36. The Hall–Kier alpha value is -2.83. The SMILES string of the molecule is CC(C)(C)CC(C)(C)Nc1c(C(C)(C)C)nc2c(C(=O)Nc3cccc(F)c3)c[nH]n12. The topological polar surface area (TPSA) is 74.2 Å². The van der Waals surface area contributed by atoms with Crippen LogP contribution in [0, 0.1) is 11.2 Å². The zero-order chi connectivity index (χ0) is 23.2. The van der Waals surface area contributed by atoms with Gasteiger partial charge in [0, 0.05) is 22.8 Å². The molecule has 1 amide bonds. The number of nitrogens with zero attached hydrogens (tertiary/aromatic N) is 2. The van der Waals surface area contributed by atoms with E-state index in [2.05, 4.69) is 71.1 Å². The molecule has 3 aromatic rings. The summed E-state index contributed by atoms with van der Waals surface area (Å²) in [5.74, 6) is 0.102. The average molecular weight is 428 g/mol. The highest BCUT2D eigenvalue weighted by atomic mass is 19.1. The summed E-state index contributed by atoms with van der Waals surface area (Å²) < 4.78 is 15.3. The highest BCUT2D eigenvalue weighted by Crippen LogP contribution is 2.35. The molecule has 0 saturated heterocycles. The molecule has 0 spiro atoms. The van der Waals surface area contributed by atoms with Gasteiger partial charge in [0.05, 0.1) is 5.69 Å². The summed E-state index contributed by atoms with van der Waals surface area (Å²) in [5, 5.41) is 9.59. The largest absolute Gasteiger partial charge is 0.364 e. The van der Waals surface area contributed by atoms with Gasteiger partial charge in [0.2, 0.25) is 0 Å². The molecule has 0 saturated carbocycles. The number of anilines is 2. The number of H-pyrrole nitrogens is 1. The Kier molecular flexibility index (Phi) is 5.67. The Labute approximate surface area is 183 Å². The van der Waals surface area contributed by atoms with E-state index in [-0.39, 0.29) is 22.3 Å². The first kappa shape index (κ1) is 22.8. The van der Waals surface area contributed by atoms with Gasteiger partial charge in [0.25, 0.3) is 5.91 Å². The van der Waals surface area contributed by atoms with Crippen LogP contribution in [-0.4, -0.2) is 26.0 Å². The predicted molar refractivity (Wildman–Crippen MR) is 124 cm³/mol. The lowest BCUT2D eigenvalue weighted by Gasteiger charge is -2.34. The maximum atomic E-state index is 13.5. The minimum atomic E-state index is -0.402. The van der Waals surface area contributed by atoms with Crippen LogP contribution in [0.1, 0.15) is 77.9 Å². The van der Waals surface area contributed by atoms with Crippen LogP contribution < -0.4 is 10.6 Å². The van der Waals surface area contributed by atoms with Crippen LogP contribution in [0.3, 0.4) is 0 Å². The van der Waals surface area contributed by atoms with Gasteiger partial charge in [-0.15, -0.1) is 0 Å². The number of rotatable bonds is 5. The molecule has 0 aliphatic heterocycles. The molecule has 0 aliphatic rings. The van der Waals surface area contributed by atoms with Gasteiger partial charge in [-0.05, 0) is 43.9 Å². The maximum absolute atomic E-state index is 13.5. The van der Waals surface area contributed by atoms with Crippen molar-refractivity contribution in [3.63, 3.8) is 0 Å². The summed E-state index contributed by atoms with van der Waals surface area (Å²) in [4.78, 5) is 17.8. The third-order valence-electron chi connectivity index (χ3n) is 4.92. The average Bonchev–Trinajstić information content (AvgIpc) is 3.12. The molecule has 0 aliphatic carbocycles. The third-order valence-corrected chi connectivity index (χ3v) is 4.92. The second-order valence-electron chi connectivity index (χ2n) is 11.1.